The molecule has 3 N–H and O–H groups in total. The number of amides is 1. The molecular weight excluding hydrogens is 465 g/mol. The number of nitrogens with one attached hydrogen (secondary N) is 1. The molecule has 4 rings (SSSR count). The molecule has 0 aromatic carbocycles. The number of carbonyl (C=O) groups excluding carboxylic acids is 1. The summed E-state index contributed by atoms with van der Waals surface area (Å²) in [7, 11) is 0. The fraction of sp³-hybridized carbons (Fsp3) is 0.417. The van der Waals surface area contributed by atoms with E-state index < -0.39 is 11.7 Å². The fourth-order valence-electron chi connectivity index (χ4n) is 3.94. The molecule has 0 unspecified atom stereocenters. The molecule has 0 atom stereocenters. The Hall–Kier alpha value is -3.93. The molecule has 36 heavy (non-hydrogen) atoms. The van der Waals surface area contributed by atoms with E-state index in [-0.39, 0.29) is 22.9 Å². The Balaban J connectivity index is 1.63. The number of carbonyl (C=O) groups is 1. The first-order chi connectivity index (χ1) is 17.5. The highest BCUT2D eigenvalue weighted by Crippen LogP contribution is 2.26. The Labute approximate surface area is 209 Å². The van der Waals surface area contributed by atoms with E-state index in [1.165, 1.54) is 6.20 Å². The maximum absolute atomic E-state index is 14.7. The summed E-state index contributed by atoms with van der Waals surface area (Å²) in [5, 5.41) is 2.80. The Kier molecular flexibility index (Phi) is 8.16. The fourth-order valence-corrected chi connectivity index (χ4v) is 3.94. The highest BCUT2D eigenvalue weighted by molar-refractivity contribution is 6.06. The summed E-state index contributed by atoms with van der Waals surface area (Å²) in [6.07, 6.45) is 5.86. The van der Waals surface area contributed by atoms with Crippen molar-refractivity contribution in [3.63, 3.8) is 0 Å². The number of hydrogen-bond donors (Lipinski definition) is 2. The maximum Gasteiger partial charge on any atom is 0.279 e. The molecule has 1 amide bonds. The van der Waals surface area contributed by atoms with Crippen molar-refractivity contribution in [2.45, 2.75) is 26.7 Å². The molecule has 0 spiro atoms. The summed E-state index contributed by atoms with van der Waals surface area (Å²) in [6.45, 7) is 8.07. The van der Waals surface area contributed by atoms with Crippen molar-refractivity contribution >= 4 is 29.2 Å². The zero-order valence-corrected chi connectivity index (χ0v) is 20.4. The number of aromatic nitrogens is 5. The Morgan fingerprint density at radius 1 is 1.14 bits per heavy atom. The van der Waals surface area contributed by atoms with Gasteiger partial charge in [0.1, 0.15) is 11.4 Å². The van der Waals surface area contributed by atoms with Gasteiger partial charge in [-0.25, -0.2) is 29.3 Å². The van der Waals surface area contributed by atoms with Crippen LogP contribution in [0.1, 0.15) is 37.2 Å². The predicted octanol–water partition coefficient (Wildman–Crippen LogP) is 2.77. The molecule has 12 heteroatoms. The van der Waals surface area contributed by atoms with E-state index in [9.17, 15) is 9.18 Å². The van der Waals surface area contributed by atoms with Gasteiger partial charge < -0.3 is 25.6 Å². The third-order valence-corrected chi connectivity index (χ3v) is 5.63. The summed E-state index contributed by atoms with van der Waals surface area (Å²) in [5.74, 6) is -0.629. The molecule has 1 aliphatic heterocycles. The number of ether oxygens (including phenoxy) is 1. The molecule has 11 nitrogen and oxygen atoms in total. The molecular formula is C24H30FN9O2. The van der Waals surface area contributed by atoms with Crippen molar-refractivity contribution in [1.29, 1.82) is 0 Å². The van der Waals surface area contributed by atoms with Crippen molar-refractivity contribution in [3.05, 3.63) is 42.2 Å². The summed E-state index contributed by atoms with van der Waals surface area (Å²) in [6, 6.07) is 3.73. The van der Waals surface area contributed by atoms with Crippen molar-refractivity contribution in [2.75, 3.05) is 60.2 Å². The van der Waals surface area contributed by atoms with Gasteiger partial charge in [0.15, 0.2) is 23.1 Å². The van der Waals surface area contributed by atoms with E-state index in [1.54, 1.807) is 6.20 Å². The largest absolute Gasteiger partial charge is 0.382 e. The van der Waals surface area contributed by atoms with Gasteiger partial charge in [-0.1, -0.05) is 13.8 Å². The van der Waals surface area contributed by atoms with Crippen LogP contribution >= 0.6 is 0 Å². The van der Waals surface area contributed by atoms with Crippen LogP contribution in [0.25, 0.3) is 11.4 Å². The molecule has 0 saturated carbocycles. The molecule has 190 valence electrons. The van der Waals surface area contributed by atoms with Gasteiger partial charge in [-0.2, -0.15) is 0 Å². The third kappa shape index (κ3) is 5.65. The number of rotatable bonds is 9. The lowest BCUT2D eigenvalue weighted by Gasteiger charge is -2.26. The smallest absolute Gasteiger partial charge is 0.279 e. The van der Waals surface area contributed by atoms with Crippen LogP contribution in [0.3, 0.4) is 0 Å². The molecule has 0 radical (unpaired) electrons. The number of hydrogen-bond acceptors (Lipinski definition) is 10. The standard InChI is InChI=1S/C24H30FN9O2/c1-3-8-33(9-4-2)18-6-5-7-27-22(18)32-23(35)20-21(26)28-15-17(30-20)19-16(25)14-29-24(31-19)34-10-12-36-13-11-34/h5-7,14-15H,3-4,8-13H2,1-2H3,(H2,26,28)(H,27,32,35). The van der Waals surface area contributed by atoms with Crippen molar-refractivity contribution in [3.8, 4) is 11.4 Å². The second-order valence-electron chi connectivity index (χ2n) is 8.27. The van der Waals surface area contributed by atoms with Gasteiger partial charge >= 0.3 is 0 Å². The summed E-state index contributed by atoms with van der Waals surface area (Å²) < 4.78 is 20.1. The molecule has 3 aromatic heterocycles. The molecule has 4 heterocycles. The van der Waals surface area contributed by atoms with Crippen LogP contribution in [-0.2, 0) is 4.74 Å². The van der Waals surface area contributed by atoms with Crippen LogP contribution in [0, 0.1) is 5.82 Å². The van der Waals surface area contributed by atoms with E-state index in [0.717, 1.165) is 37.8 Å². The Morgan fingerprint density at radius 2 is 1.89 bits per heavy atom. The molecule has 1 aliphatic rings. The van der Waals surface area contributed by atoms with E-state index in [2.05, 4.69) is 49.0 Å². The lowest BCUT2D eigenvalue weighted by Crippen LogP contribution is -2.37. The zero-order chi connectivity index (χ0) is 25.5. The Morgan fingerprint density at radius 3 is 2.61 bits per heavy atom. The first-order valence-corrected chi connectivity index (χ1v) is 12.0. The van der Waals surface area contributed by atoms with Crippen LogP contribution in [0.4, 0.5) is 27.7 Å². The van der Waals surface area contributed by atoms with Gasteiger partial charge in [-0.05, 0) is 25.0 Å². The van der Waals surface area contributed by atoms with E-state index >= 15 is 0 Å². The van der Waals surface area contributed by atoms with Gasteiger partial charge in [0.2, 0.25) is 5.95 Å². The first-order valence-electron chi connectivity index (χ1n) is 12.0. The SMILES string of the molecule is CCCN(CCC)c1cccnc1NC(=O)c1nc(-c2nc(N3CCOCC3)ncc2F)cnc1N. The second kappa shape index (κ2) is 11.7. The van der Waals surface area contributed by atoms with Crippen LogP contribution in [0.15, 0.2) is 30.7 Å². The van der Waals surface area contributed by atoms with Crippen LogP contribution in [0.2, 0.25) is 0 Å². The second-order valence-corrected chi connectivity index (χ2v) is 8.27. The molecule has 1 fully saturated rings. The van der Waals surface area contributed by atoms with Gasteiger partial charge in [-0.3, -0.25) is 4.79 Å². The highest BCUT2D eigenvalue weighted by atomic mass is 19.1. The van der Waals surface area contributed by atoms with Crippen molar-refractivity contribution in [2.24, 2.45) is 0 Å². The average Bonchev–Trinajstić information content (AvgIpc) is 2.90. The number of nitrogens with two attached hydrogens (primary N) is 1. The summed E-state index contributed by atoms with van der Waals surface area (Å²) >= 11 is 0. The van der Waals surface area contributed by atoms with Gasteiger partial charge in [-0.15, -0.1) is 0 Å². The maximum atomic E-state index is 14.7. The quantitative estimate of drug-likeness (QED) is 0.456. The van der Waals surface area contributed by atoms with Gasteiger partial charge in [0.05, 0.1) is 31.3 Å². The number of pyridine rings is 1. The number of halogens is 1. The van der Waals surface area contributed by atoms with E-state index in [4.69, 9.17) is 10.5 Å². The number of morpholine rings is 1. The van der Waals surface area contributed by atoms with Crippen molar-refractivity contribution in [1.82, 2.24) is 24.9 Å². The molecule has 1 saturated heterocycles. The van der Waals surface area contributed by atoms with E-state index in [1.807, 2.05) is 17.0 Å². The van der Waals surface area contributed by atoms with Crippen LogP contribution < -0.4 is 20.9 Å². The molecule has 0 aliphatic carbocycles. The lowest BCUT2D eigenvalue weighted by atomic mass is 10.2. The number of nitrogens with zero attached hydrogens (tertiary/aromatic N) is 7. The highest BCUT2D eigenvalue weighted by Gasteiger charge is 2.22. The minimum absolute atomic E-state index is 0.0661. The Bertz CT molecular complexity index is 1200. The third-order valence-electron chi connectivity index (χ3n) is 5.63. The molecule has 0 bridgehead atoms. The van der Waals surface area contributed by atoms with Crippen LogP contribution in [0.5, 0.6) is 0 Å². The normalized spacial score (nSPS) is 13.5. The molecule has 3 aromatic rings. The minimum atomic E-state index is -0.681. The monoisotopic (exact) mass is 495 g/mol. The average molecular weight is 496 g/mol. The van der Waals surface area contributed by atoms with E-state index in [0.29, 0.717) is 38.1 Å². The van der Waals surface area contributed by atoms with Crippen molar-refractivity contribution < 1.29 is 13.9 Å². The lowest BCUT2D eigenvalue weighted by molar-refractivity contribution is 0.102. The van der Waals surface area contributed by atoms with Gasteiger partial charge in [0, 0.05) is 32.4 Å². The summed E-state index contributed by atoms with van der Waals surface area (Å²) in [5.41, 5.74) is 6.65. The van der Waals surface area contributed by atoms with Gasteiger partial charge in [0.25, 0.3) is 5.91 Å². The summed E-state index contributed by atoms with van der Waals surface area (Å²) in [4.78, 5) is 38.5. The van der Waals surface area contributed by atoms with Crippen LogP contribution in [-0.4, -0.2) is 70.2 Å². The first kappa shape index (κ1) is 25.2. The topological polar surface area (TPSA) is 135 Å². The minimum Gasteiger partial charge on any atom is -0.382 e. The zero-order valence-electron chi connectivity index (χ0n) is 20.4. The number of anilines is 4. The predicted molar refractivity (Wildman–Crippen MR) is 135 cm³/mol. The number of nitrogen functional groups attached to an aromatic ring is 1.